The number of aliphatic carboxylic acids is 1. The summed E-state index contributed by atoms with van der Waals surface area (Å²) in [5.41, 5.74) is 0.792. The van der Waals surface area contributed by atoms with Gasteiger partial charge in [-0.1, -0.05) is 26.0 Å². The van der Waals surface area contributed by atoms with Crippen LogP contribution in [0.5, 0.6) is 0 Å². The summed E-state index contributed by atoms with van der Waals surface area (Å²) in [7, 11) is 0. The van der Waals surface area contributed by atoms with Crippen molar-refractivity contribution >= 4 is 17.8 Å². The third-order valence-corrected chi connectivity index (χ3v) is 2.65. The lowest BCUT2D eigenvalue weighted by molar-refractivity contribution is -0.137. The van der Waals surface area contributed by atoms with Crippen LogP contribution in [-0.2, 0) is 4.79 Å². The lowest BCUT2D eigenvalue weighted by Gasteiger charge is -2.12. The lowest BCUT2D eigenvalue weighted by atomic mass is 10.1. The molecule has 1 heterocycles. The SMILES string of the molecule is CC.O=C(O)CCCN1C(=O)c2ccccc2C1=O. The van der Waals surface area contributed by atoms with Gasteiger partial charge >= 0.3 is 5.97 Å². The van der Waals surface area contributed by atoms with Gasteiger partial charge in [-0.3, -0.25) is 19.3 Å². The summed E-state index contributed by atoms with van der Waals surface area (Å²) in [6.45, 7) is 4.15. The van der Waals surface area contributed by atoms with Crippen LogP contribution in [0.1, 0.15) is 47.4 Å². The highest BCUT2D eigenvalue weighted by molar-refractivity contribution is 6.21. The number of carboxylic acids is 1. The number of carbonyl (C=O) groups excluding carboxylic acids is 2. The molecule has 0 saturated carbocycles. The molecule has 2 rings (SSSR count). The molecule has 0 aliphatic carbocycles. The van der Waals surface area contributed by atoms with Crippen LogP contribution in [0.25, 0.3) is 0 Å². The van der Waals surface area contributed by atoms with Gasteiger partial charge in [0, 0.05) is 13.0 Å². The van der Waals surface area contributed by atoms with E-state index in [-0.39, 0.29) is 31.2 Å². The van der Waals surface area contributed by atoms with Crippen LogP contribution in [-0.4, -0.2) is 34.3 Å². The van der Waals surface area contributed by atoms with Crippen molar-refractivity contribution in [2.24, 2.45) is 0 Å². The van der Waals surface area contributed by atoms with E-state index in [2.05, 4.69) is 0 Å². The summed E-state index contributed by atoms with van der Waals surface area (Å²) < 4.78 is 0. The molecular formula is C14H17NO4. The van der Waals surface area contributed by atoms with E-state index in [0.29, 0.717) is 11.1 Å². The molecule has 0 atom stereocenters. The highest BCUT2D eigenvalue weighted by atomic mass is 16.4. The first-order valence-corrected chi connectivity index (χ1v) is 6.28. The predicted octanol–water partition coefficient (Wildman–Crippen LogP) is 2.17. The second kappa shape index (κ2) is 6.68. The first-order chi connectivity index (χ1) is 9.11. The molecule has 1 aliphatic rings. The molecule has 5 nitrogen and oxygen atoms in total. The first-order valence-electron chi connectivity index (χ1n) is 6.28. The Balaban J connectivity index is 0.000000861. The van der Waals surface area contributed by atoms with Crippen molar-refractivity contribution in [1.29, 1.82) is 0 Å². The van der Waals surface area contributed by atoms with Gasteiger partial charge in [0.05, 0.1) is 11.1 Å². The number of hydrogen-bond donors (Lipinski definition) is 1. The Morgan fingerprint density at radius 2 is 1.58 bits per heavy atom. The summed E-state index contributed by atoms with van der Waals surface area (Å²) in [6, 6.07) is 6.61. The quantitative estimate of drug-likeness (QED) is 0.845. The van der Waals surface area contributed by atoms with Crippen molar-refractivity contribution in [3.63, 3.8) is 0 Å². The molecule has 1 aromatic rings. The van der Waals surface area contributed by atoms with Gasteiger partial charge < -0.3 is 5.11 Å². The molecule has 0 bridgehead atoms. The first kappa shape index (κ1) is 14.9. The number of amides is 2. The number of carboxylic acid groups (broad SMARTS) is 1. The molecule has 0 aromatic heterocycles. The molecule has 19 heavy (non-hydrogen) atoms. The summed E-state index contributed by atoms with van der Waals surface area (Å²) in [6.07, 6.45) is 0.230. The number of hydrogen-bond acceptors (Lipinski definition) is 3. The van der Waals surface area contributed by atoms with E-state index >= 15 is 0 Å². The number of imide groups is 1. The molecule has 102 valence electrons. The zero-order valence-electron chi connectivity index (χ0n) is 11.0. The fraction of sp³-hybridized carbons (Fsp3) is 0.357. The van der Waals surface area contributed by atoms with Crippen LogP contribution in [0.3, 0.4) is 0 Å². The summed E-state index contributed by atoms with van der Waals surface area (Å²) >= 11 is 0. The molecule has 1 aromatic carbocycles. The molecule has 5 heteroatoms. The van der Waals surface area contributed by atoms with Crippen LogP contribution >= 0.6 is 0 Å². The van der Waals surface area contributed by atoms with Crippen molar-refractivity contribution in [2.45, 2.75) is 26.7 Å². The van der Waals surface area contributed by atoms with E-state index < -0.39 is 5.97 Å². The standard InChI is InChI=1S/C12H11NO4.C2H6/c14-10(15)6-3-7-13-11(16)8-4-1-2-5-9(8)12(13)17;1-2/h1-2,4-5H,3,6-7H2,(H,14,15);1-2H3. The van der Waals surface area contributed by atoms with Gasteiger partial charge in [-0.25, -0.2) is 0 Å². The lowest BCUT2D eigenvalue weighted by Crippen LogP contribution is -2.31. The van der Waals surface area contributed by atoms with Crippen LogP contribution in [0.4, 0.5) is 0 Å². The molecule has 0 fully saturated rings. The Bertz CT molecular complexity index is 461. The Morgan fingerprint density at radius 1 is 1.11 bits per heavy atom. The summed E-state index contributed by atoms with van der Waals surface area (Å²) in [5.74, 6) is -1.60. The second-order valence-electron chi connectivity index (χ2n) is 3.80. The minimum Gasteiger partial charge on any atom is -0.481 e. The normalized spacial score (nSPS) is 12.8. The molecule has 0 saturated heterocycles. The monoisotopic (exact) mass is 263 g/mol. The number of benzene rings is 1. The van der Waals surface area contributed by atoms with E-state index in [0.717, 1.165) is 4.90 Å². The summed E-state index contributed by atoms with van der Waals surface area (Å²) in [4.78, 5) is 35.2. The number of carbonyl (C=O) groups is 3. The maximum Gasteiger partial charge on any atom is 0.303 e. The van der Waals surface area contributed by atoms with Crippen molar-refractivity contribution in [2.75, 3.05) is 6.54 Å². The molecule has 2 amide bonds. The highest BCUT2D eigenvalue weighted by Gasteiger charge is 2.34. The van der Waals surface area contributed by atoms with Gasteiger partial charge in [-0.15, -0.1) is 0 Å². The molecule has 1 aliphatic heterocycles. The highest BCUT2D eigenvalue weighted by Crippen LogP contribution is 2.22. The van der Waals surface area contributed by atoms with E-state index in [9.17, 15) is 14.4 Å². The van der Waals surface area contributed by atoms with Gasteiger partial charge in [-0.05, 0) is 18.6 Å². The van der Waals surface area contributed by atoms with E-state index in [1.165, 1.54) is 0 Å². The van der Waals surface area contributed by atoms with Crippen LogP contribution < -0.4 is 0 Å². The predicted molar refractivity (Wildman–Crippen MR) is 70.0 cm³/mol. The Kier molecular flexibility index (Phi) is 5.23. The number of fused-ring (bicyclic) bond motifs is 1. The average Bonchev–Trinajstić information content (AvgIpc) is 2.66. The molecule has 1 N–H and O–H groups in total. The number of nitrogens with zero attached hydrogens (tertiary/aromatic N) is 1. The van der Waals surface area contributed by atoms with Crippen molar-refractivity contribution < 1.29 is 19.5 Å². The van der Waals surface area contributed by atoms with Crippen molar-refractivity contribution in [3.05, 3.63) is 35.4 Å². The Morgan fingerprint density at radius 3 is 2.00 bits per heavy atom. The van der Waals surface area contributed by atoms with E-state index in [1.54, 1.807) is 24.3 Å². The van der Waals surface area contributed by atoms with Gasteiger partial charge in [0.25, 0.3) is 11.8 Å². The zero-order valence-corrected chi connectivity index (χ0v) is 11.0. The van der Waals surface area contributed by atoms with Gasteiger partial charge in [0.15, 0.2) is 0 Å². The smallest absolute Gasteiger partial charge is 0.303 e. The van der Waals surface area contributed by atoms with Crippen molar-refractivity contribution in [1.82, 2.24) is 4.90 Å². The van der Waals surface area contributed by atoms with Gasteiger partial charge in [0.2, 0.25) is 0 Å². The summed E-state index contributed by atoms with van der Waals surface area (Å²) in [5, 5.41) is 8.50. The fourth-order valence-electron chi connectivity index (χ4n) is 1.83. The maximum atomic E-state index is 11.8. The minimum atomic E-state index is -0.929. The van der Waals surface area contributed by atoms with Gasteiger partial charge in [0.1, 0.15) is 0 Å². The molecule has 0 radical (unpaired) electrons. The zero-order chi connectivity index (χ0) is 14.4. The van der Waals surface area contributed by atoms with Crippen molar-refractivity contribution in [3.8, 4) is 0 Å². The topological polar surface area (TPSA) is 74.7 Å². The third kappa shape index (κ3) is 3.19. The maximum absolute atomic E-state index is 11.8. The van der Waals surface area contributed by atoms with Crippen LogP contribution in [0, 0.1) is 0 Å². The molecule has 0 unspecified atom stereocenters. The fourth-order valence-corrected chi connectivity index (χ4v) is 1.83. The molecular weight excluding hydrogens is 246 g/mol. The number of rotatable bonds is 4. The second-order valence-corrected chi connectivity index (χ2v) is 3.80. The molecule has 0 spiro atoms. The Labute approximate surface area is 111 Å². The average molecular weight is 263 g/mol. The van der Waals surface area contributed by atoms with Crippen LogP contribution in [0.15, 0.2) is 24.3 Å². The third-order valence-electron chi connectivity index (χ3n) is 2.65. The van der Waals surface area contributed by atoms with E-state index in [4.69, 9.17) is 5.11 Å². The largest absolute Gasteiger partial charge is 0.481 e. The van der Waals surface area contributed by atoms with E-state index in [1.807, 2.05) is 13.8 Å². The van der Waals surface area contributed by atoms with Gasteiger partial charge in [-0.2, -0.15) is 0 Å². The minimum absolute atomic E-state index is 0.0482. The Hall–Kier alpha value is -2.17. The van der Waals surface area contributed by atoms with Crippen LogP contribution in [0.2, 0.25) is 0 Å².